The number of hydrogen-bond donors (Lipinski definition) is 1. The van der Waals surface area contributed by atoms with Crippen molar-refractivity contribution >= 4 is 56.2 Å². The van der Waals surface area contributed by atoms with Crippen LogP contribution in [0.1, 0.15) is 48.0 Å². The van der Waals surface area contributed by atoms with Gasteiger partial charge >= 0.3 is 0 Å². The number of nitrogens with one attached hydrogen (secondary N) is 1. The zero-order valence-electron chi connectivity index (χ0n) is 25.3. The molecule has 1 saturated carbocycles. The van der Waals surface area contributed by atoms with Gasteiger partial charge in [0.05, 0.1) is 53.0 Å². The van der Waals surface area contributed by atoms with E-state index in [9.17, 15) is 22.8 Å². The molecule has 0 spiro atoms. The molecule has 3 aliphatic rings. The monoisotopic (exact) mass is 673 g/mol. The molecule has 2 saturated heterocycles. The quantitative estimate of drug-likeness (QED) is 0.330. The standard InChI is InChI=1S/C33H37ClFN3O7S/c34-28-13-22(29(35)16-30(28)36-33(41)27-20-45-31-4-2-1-3-26(27)31)14-32(40)38-17-23(37-9-11-46(42,43)12-10-37)15-24(38)19-44-25-7-5-21(18-39)6-8-25/h1-4,13,16,18,20-21,23-25H,5-12,14-15,17,19H2,(H,36,41)/t21-,23-,24-,25-/m0/s1. The van der Waals surface area contributed by atoms with Crippen molar-refractivity contribution in [3.8, 4) is 0 Å². The number of amides is 2. The molecule has 1 aromatic heterocycles. The molecule has 2 aromatic carbocycles. The van der Waals surface area contributed by atoms with Crippen LogP contribution in [0.5, 0.6) is 0 Å². The van der Waals surface area contributed by atoms with E-state index < -0.39 is 21.6 Å². The number of carbonyl (C=O) groups excluding carboxylic acids is 3. The average Bonchev–Trinajstić information content (AvgIpc) is 3.68. The summed E-state index contributed by atoms with van der Waals surface area (Å²) in [6.45, 7) is 1.50. The summed E-state index contributed by atoms with van der Waals surface area (Å²) in [5.74, 6) is -1.24. The number of fused-ring (bicyclic) bond motifs is 1. The molecule has 3 aromatic rings. The first-order chi connectivity index (χ1) is 22.1. The van der Waals surface area contributed by atoms with E-state index in [0.717, 1.165) is 38.0 Å². The number of aldehydes is 1. The van der Waals surface area contributed by atoms with Gasteiger partial charge in [-0.3, -0.25) is 14.5 Å². The van der Waals surface area contributed by atoms with Crippen molar-refractivity contribution in [1.82, 2.24) is 9.80 Å². The van der Waals surface area contributed by atoms with E-state index in [1.54, 1.807) is 29.2 Å². The van der Waals surface area contributed by atoms with E-state index in [1.807, 2.05) is 0 Å². The molecule has 1 aliphatic carbocycles. The van der Waals surface area contributed by atoms with Crippen molar-refractivity contribution in [2.24, 2.45) is 5.92 Å². The maximum absolute atomic E-state index is 15.4. The van der Waals surface area contributed by atoms with Crippen LogP contribution in [-0.2, 0) is 30.6 Å². The van der Waals surface area contributed by atoms with E-state index in [-0.39, 0.29) is 69.8 Å². The zero-order valence-corrected chi connectivity index (χ0v) is 26.9. The van der Waals surface area contributed by atoms with E-state index in [4.69, 9.17) is 20.8 Å². The minimum atomic E-state index is -3.06. The first-order valence-corrected chi connectivity index (χ1v) is 17.9. The Morgan fingerprint density at radius 2 is 1.85 bits per heavy atom. The third-order valence-electron chi connectivity index (χ3n) is 9.50. The molecule has 3 fully saturated rings. The molecule has 10 nitrogen and oxygen atoms in total. The Morgan fingerprint density at radius 3 is 2.59 bits per heavy atom. The van der Waals surface area contributed by atoms with Gasteiger partial charge in [-0.05, 0) is 55.9 Å². The van der Waals surface area contributed by atoms with Crippen LogP contribution in [0, 0.1) is 11.7 Å². The highest BCUT2D eigenvalue weighted by Crippen LogP contribution is 2.31. The highest BCUT2D eigenvalue weighted by Gasteiger charge is 2.40. The minimum Gasteiger partial charge on any atom is -0.463 e. The van der Waals surface area contributed by atoms with Crippen LogP contribution in [0.3, 0.4) is 0 Å². The molecule has 13 heteroatoms. The molecule has 0 bridgehead atoms. The molecule has 6 rings (SSSR count). The molecule has 2 aliphatic heterocycles. The first-order valence-electron chi connectivity index (χ1n) is 15.7. The van der Waals surface area contributed by atoms with E-state index in [0.29, 0.717) is 43.6 Å². The highest BCUT2D eigenvalue weighted by molar-refractivity contribution is 7.91. The van der Waals surface area contributed by atoms with Crippen molar-refractivity contribution in [2.45, 2.75) is 56.7 Å². The van der Waals surface area contributed by atoms with E-state index >= 15 is 4.39 Å². The lowest BCUT2D eigenvalue weighted by Gasteiger charge is -2.31. The lowest BCUT2D eigenvalue weighted by molar-refractivity contribution is -0.133. The number of rotatable bonds is 9. The van der Waals surface area contributed by atoms with Gasteiger partial charge in [-0.25, -0.2) is 12.8 Å². The molecular formula is C33H37ClFN3O7S. The summed E-state index contributed by atoms with van der Waals surface area (Å²) >= 11 is 6.47. The normalized spacial score (nSPS) is 25.0. The second-order valence-corrected chi connectivity index (χ2v) is 15.2. The Morgan fingerprint density at radius 1 is 1.11 bits per heavy atom. The molecule has 0 unspecified atom stereocenters. The topological polar surface area (TPSA) is 126 Å². The van der Waals surface area contributed by atoms with E-state index in [2.05, 4.69) is 10.2 Å². The molecule has 2 amide bonds. The summed E-state index contributed by atoms with van der Waals surface area (Å²) in [6, 6.07) is 9.23. The second kappa shape index (κ2) is 13.8. The number of ether oxygens (including phenoxy) is 1. The van der Waals surface area contributed by atoms with Crippen LogP contribution < -0.4 is 5.32 Å². The summed E-state index contributed by atoms with van der Waals surface area (Å²) < 4.78 is 51.1. The Hall–Kier alpha value is -3.32. The van der Waals surface area contributed by atoms with Crippen molar-refractivity contribution in [2.75, 3.05) is 43.1 Å². The fourth-order valence-corrected chi connectivity index (χ4v) is 8.24. The largest absolute Gasteiger partial charge is 0.463 e. The Balaban J connectivity index is 1.13. The average molecular weight is 674 g/mol. The van der Waals surface area contributed by atoms with Gasteiger partial charge in [0.15, 0.2) is 9.84 Å². The molecule has 2 atom stereocenters. The fourth-order valence-electron chi connectivity index (χ4n) is 6.78. The molecule has 1 N–H and O–H groups in total. The third-order valence-corrected chi connectivity index (χ3v) is 11.4. The van der Waals surface area contributed by atoms with Gasteiger partial charge in [0.25, 0.3) is 5.91 Å². The lowest BCUT2D eigenvalue weighted by Crippen LogP contribution is -2.47. The van der Waals surface area contributed by atoms with Crippen molar-refractivity contribution in [3.63, 3.8) is 0 Å². The number of carbonyl (C=O) groups is 3. The second-order valence-electron chi connectivity index (χ2n) is 12.5. The number of furan rings is 1. The number of nitrogens with zero attached hydrogens (tertiary/aromatic N) is 2. The van der Waals surface area contributed by atoms with Crippen LogP contribution in [0.15, 0.2) is 47.1 Å². The lowest BCUT2D eigenvalue weighted by atomic mass is 9.88. The van der Waals surface area contributed by atoms with Gasteiger partial charge in [-0.2, -0.15) is 0 Å². The maximum atomic E-state index is 15.4. The zero-order chi connectivity index (χ0) is 32.4. The van der Waals surface area contributed by atoms with Gasteiger partial charge < -0.3 is 24.2 Å². The molecule has 3 heterocycles. The number of likely N-dealkylation sites (tertiary alicyclic amines) is 1. The van der Waals surface area contributed by atoms with Crippen molar-refractivity contribution < 1.29 is 36.3 Å². The number of para-hydroxylation sites is 1. The smallest absolute Gasteiger partial charge is 0.259 e. The number of hydrogen-bond acceptors (Lipinski definition) is 8. The molecule has 46 heavy (non-hydrogen) atoms. The predicted octanol–water partition coefficient (Wildman–Crippen LogP) is 4.49. The van der Waals surface area contributed by atoms with Crippen LogP contribution in [0.25, 0.3) is 11.0 Å². The molecule has 0 radical (unpaired) electrons. The first kappa shape index (κ1) is 32.6. The predicted molar refractivity (Wildman–Crippen MR) is 171 cm³/mol. The summed E-state index contributed by atoms with van der Waals surface area (Å²) in [7, 11) is -3.06. The SMILES string of the molecule is O=C[C@H]1CC[C@H](OC[C@@H]2C[C@H](N3CCS(=O)(=O)CC3)CN2C(=O)Cc2cc(Cl)c(NC(=O)c3coc4ccccc34)cc2F)CC1. The Labute approximate surface area is 272 Å². The molecular weight excluding hydrogens is 637 g/mol. The Kier molecular flexibility index (Phi) is 9.79. The van der Waals surface area contributed by atoms with Crippen LogP contribution in [0.4, 0.5) is 10.1 Å². The highest BCUT2D eigenvalue weighted by atomic mass is 35.5. The number of benzene rings is 2. The third kappa shape index (κ3) is 7.30. The van der Waals surface area contributed by atoms with Gasteiger partial charge in [-0.15, -0.1) is 0 Å². The summed E-state index contributed by atoms with van der Waals surface area (Å²) in [5.41, 5.74) is 0.997. The van der Waals surface area contributed by atoms with Crippen molar-refractivity contribution in [3.05, 3.63) is 64.6 Å². The minimum absolute atomic E-state index is 0.00590. The van der Waals surface area contributed by atoms with Crippen molar-refractivity contribution in [1.29, 1.82) is 0 Å². The number of sulfone groups is 1. The summed E-state index contributed by atoms with van der Waals surface area (Å²) in [5, 5.41) is 3.34. The van der Waals surface area contributed by atoms with Gasteiger partial charge in [-0.1, -0.05) is 29.8 Å². The van der Waals surface area contributed by atoms with Gasteiger partial charge in [0.2, 0.25) is 5.91 Å². The van der Waals surface area contributed by atoms with Crippen LogP contribution in [-0.4, -0.2) is 92.3 Å². The Bertz CT molecular complexity index is 1710. The fraction of sp³-hybridized carbons (Fsp3) is 0.485. The maximum Gasteiger partial charge on any atom is 0.259 e. The molecule has 246 valence electrons. The van der Waals surface area contributed by atoms with Crippen LogP contribution >= 0.6 is 11.6 Å². The number of anilines is 1. The summed E-state index contributed by atoms with van der Waals surface area (Å²) in [4.78, 5) is 41.7. The van der Waals surface area contributed by atoms with Gasteiger partial charge in [0.1, 0.15) is 23.9 Å². The van der Waals surface area contributed by atoms with E-state index in [1.165, 1.54) is 12.3 Å². The van der Waals surface area contributed by atoms with Crippen LogP contribution in [0.2, 0.25) is 5.02 Å². The van der Waals surface area contributed by atoms with Gasteiger partial charge in [0, 0.05) is 37.0 Å². The summed E-state index contributed by atoms with van der Waals surface area (Å²) in [6.07, 6.45) is 5.83. The number of halogens is 2.